The Morgan fingerprint density at radius 3 is 2.67 bits per heavy atom. The van der Waals surface area contributed by atoms with Crippen molar-refractivity contribution < 1.29 is 0 Å². The van der Waals surface area contributed by atoms with Crippen molar-refractivity contribution in [1.29, 1.82) is 0 Å². The lowest BCUT2D eigenvalue weighted by molar-refractivity contribution is 1.05. The first-order valence-electron chi connectivity index (χ1n) is 7.03. The highest BCUT2D eigenvalue weighted by Gasteiger charge is 2.03. The van der Waals surface area contributed by atoms with Gasteiger partial charge in [0.25, 0.3) is 0 Å². The molecule has 0 unspecified atom stereocenters. The van der Waals surface area contributed by atoms with E-state index in [1.165, 1.54) is 0 Å². The molecule has 0 fully saturated rings. The van der Waals surface area contributed by atoms with Gasteiger partial charge in [-0.25, -0.2) is 4.98 Å². The maximum absolute atomic E-state index is 6.17. The minimum absolute atomic E-state index is 0.323. The maximum Gasteiger partial charge on any atom is 0.191 e. The van der Waals surface area contributed by atoms with E-state index in [0.717, 1.165) is 10.9 Å². The highest BCUT2D eigenvalue weighted by Crippen LogP contribution is 2.20. The molecular formula is C17H12Cl2N4S. The van der Waals surface area contributed by atoms with Crippen molar-refractivity contribution in [2.75, 3.05) is 5.32 Å². The van der Waals surface area contributed by atoms with Crippen molar-refractivity contribution in [3.63, 3.8) is 0 Å². The van der Waals surface area contributed by atoms with Gasteiger partial charge in [-0.15, -0.1) is 0 Å². The van der Waals surface area contributed by atoms with Crippen LogP contribution in [0.4, 0.5) is 5.69 Å². The number of pyridine rings is 1. The SMILES string of the molecule is S=C(N/N=C\c1cc2ccccc2nc1Cl)Nc1ccccc1Cl. The summed E-state index contributed by atoms with van der Waals surface area (Å²) in [4.78, 5) is 4.33. The molecule has 0 radical (unpaired) electrons. The Morgan fingerprint density at radius 2 is 1.83 bits per heavy atom. The Bertz CT molecular complexity index is 927. The zero-order valence-electron chi connectivity index (χ0n) is 12.3. The van der Waals surface area contributed by atoms with Gasteiger partial charge in [-0.05, 0) is 36.5 Å². The van der Waals surface area contributed by atoms with E-state index in [1.54, 1.807) is 12.3 Å². The predicted octanol–water partition coefficient (Wildman–Crippen LogP) is 4.86. The first-order valence-corrected chi connectivity index (χ1v) is 8.20. The third-order valence-corrected chi connectivity index (χ3v) is 4.02. The number of para-hydroxylation sites is 2. The molecule has 2 N–H and O–H groups in total. The Hall–Kier alpha value is -2.21. The number of nitrogens with one attached hydrogen (secondary N) is 2. The number of halogens is 2. The molecule has 0 saturated carbocycles. The molecule has 1 heterocycles. The van der Waals surface area contributed by atoms with E-state index in [2.05, 4.69) is 20.8 Å². The number of aromatic nitrogens is 1. The lowest BCUT2D eigenvalue weighted by atomic mass is 10.2. The second-order valence-electron chi connectivity index (χ2n) is 4.87. The number of nitrogens with zero attached hydrogens (tertiary/aromatic N) is 2. The minimum atomic E-state index is 0.323. The normalized spacial score (nSPS) is 10.9. The number of thiocarbonyl (C=S) groups is 1. The summed E-state index contributed by atoms with van der Waals surface area (Å²) in [6, 6.07) is 17.0. The highest BCUT2D eigenvalue weighted by molar-refractivity contribution is 7.80. The third-order valence-electron chi connectivity index (χ3n) is 3.20. The quantitative estimate of drug-likeness (QED) is 0.297. The van der Waals surface area contributed by atoms with Gasteiger partial charge >= 0.3 is 0 Å². The molecule has 0 spiro atoms. The lowest BCUT2D eigenvalue weighted by Gasteiger charge is -2.08. The summed E-state index contributed by atoms with van der Waals surface area (Å²) in [6.07, 6.45) is 1.57. The van der Waals surface area contributed by atoms with E-state index in [4.69, 9.17) is 35.4 Å². The standard InChI is InChI=1S/C17H12Cl2N4S/c18-13-6-2-4-8-15(13)22-17(24)23-20-10-12-9-11-5-1-3-7-14(11)21-16(12)19/h1-10H,(H2,22,23,24)/b20-10-. The molecule has 24 heavy (non-hydrogen) atoms. The van der Waals surface area contributed by atoms with E-state index >= 15 is 0 Å². The van der Waals surface area contributed by atoms with Gasteiger partial charge in [-0.2, -0.15) is 5.10 Å². The topological polar surface area (TPSA) is 49.3 Å². The van der Waals surface area contributed by atoms with Crippen molar-refractivity contribution in [3.05, 3.63) is 70.3 Å². The van der Waals surface area contributed by atoms with Crippen molar-refractivity contribution >= 4 is 63.3 Å². The lowest BCUT2D eigenvalue weighted by Crippen LogP contribution is -2.24. The monoisotopic (exact) mass is 374 g/mol. The second kappa shape index (κ2) is 7.57. The zero-order chi connectivity index (χ0) is 16.9. The largest absolute Gasteiger partial charge is 0.330 e. The zero-order valence-corrected chi connectivity index (χ0v) is 14.7. The van der Waals surface area contributed by atoms with Gasteiger partial charge in [-0.3, -0.25) is 5.43 Å². The van der Waals surface area contributed by atoms with Crippen LogP contribution in [-0.2, 0) is 0 Å². The van der Waals surface area contributed by atoms with Crippen LogP contribution in [-0.4, -0.2) is 16.3 Å². The van der Waals surface area contributed by atoms with Crippen LogP contribution in [0.5, 0.6) is 0 Å². The first-order chi connectivity index (χ1) is 11.6. The first kappa shape index (κ1) is 16.6. The molecule has 120 valence electrons. The Balaban J connectivity index is 1.69. The number of hydrogen-bond acceptors (Lipinski definition) is 3. The highest BCUT2D eigenvalue weighted by atomic mass is 35.5. The minimum Gasteiger partial charge on any atom is -0.330 e. The molecule has 0 amide bonds. The molecular weight excluding hydrogens is 363 g/mol. The summed E-state index contributed by atoms with van der Waals surface area (Å²) in [5.74, 6) is 0. The van der Waals surface area contributed by atoms with E-state index in [0.29, 0.717) is 26.5 Å². The molecule has 3 rings (SSSR count). The molecule has 7 heteroatoms. The molecule has 0 bridgehead atoms. The molecule has 0 aliphatic heterocycles. The number of hydrogen-bond donors (Lipinski definition) is 2. The van der Waals surface area contributed by atoms with E-state index in [-0.39, 0.29) is 0 Å². The number of rotatable bonds is 3. The van der Waals surface area contributed by atoms with E-state index in [1.807, 2.05) is 48.5 Å². The summed E-state index contributed by atoms with van der Waals surface area (Å²) in [7, 11) is 0. The van der Waals surface area contributed by atoms with Crippen molar-refractivity contribution in [1.82, 2.24) is 10.4 Å². The number of anilines is 1. The summed E-state index contributed by atoms with van der Waals surface area (Å²) >= 11 is 17.4. The molecule has 1 aromatic heterocycles. The summed E-state index contributed by atoms with van der Waals surface area (Å²) in [6.45, 7) is 0. The van der Waals surface area contributed by atoms with Crippen molar-refractivity contribution in [2.24, 2.45) is 5.10 Å². The van der Waals surface area contributed by atoms with Crippen LogP contribution in [0.1, 0.15) is 5.56 Å². The average Bonchev–Trinajstić information content (AvgIpc) is 2.57. The van der Waals surface area contributed by atoms with Gasteiger partial charge in [0.05, 0.1) is 22.4 Å². The van der Waals surface area contributed by atoms with Crippen molar-refractivity contribution in [3.8, 4) is 0 Å². The van der Waals surface area contributed by atoms with Crippen LogP contribution in [0.25, 0.3) is 10.9 Å². The fourth-order valence-electron chi connectivity index (χ4n) is 2.07. The van der Waals surface area contributed by atoms with Crippen LogP contribution in [0.2, 0.25) is 10.2 Å². The van der Waals surface area contributed by atoms with Crippen LogP contribution in [0, 0.1) is 0 Å². The summed E-state index contributed by atoms with van der Waals surface area (Å²) < 4.78 is 0. The number of fused-ring (bicyclic) bond motifs is 1. The van der Waals surface area contributed by atoms with Gasteiger partial charge in [0, 0.05) is 10.9 Å². The van der Waals surface area contributed by atoms with Crippen LogP contribution < -0.4 is 10.7 Å². The van der Waals surface area contributed by atoms with Gasteiger partial charge in [0.15, 0.2) is 5.11 Å². The molecule has 0 aliphatic rings. The van der Waals surface area contributed by atoms with Crippen LogP contribution >= 0.6 is 35.4 Å². The van der Waals surface area contributed by atoms with Gasteiger partial charge < -0.3 is 5.32 Å². The van der Waals surface area contributed by atoms with Crippen LogP contribution in [0.15, 0.2) is 59.7 Å². The average molecular weight is 375 g/mol. The Kier molecular flexibility index (Phi) is 5.25. The smallest absolute Gasteiger partial charge is 0.191 e. The van der Waals surface area contributed by atoms with Gasteiger partial charge in [0.2, 0.25) is 0 Å². The fourth-order valence-corrected chi connectivity index (χ4v) is 2.61. The van der Waals surface area contributed by atoms with E-state index in [9.17, 15) is 0 Å². The van der Waals surface area contributed by atoms with Gasteiger partial charge in [0.1, 0.15) is 5.15 Å². The molecule has 0 atom stereocenters. The fraction of sp³-hybridized carbons (Fsp3) is 0. The third kappa shape index (κ3) is 4.00. The van der Waals surface area contributed by atoms with Crippen molar-refractivity contribution in [2.45, 2.75) is 0 Å². The number of benzene rings is 2. The maximum atomic E-state index is 6.17. The summed E-state index contributed by atoms with van der Waals surface area (Å²) in [5.41, 5.74) is 4.97. The molecule has 0 saturated heterocycles. The Morgan fingerprint density at radius 1 is 1.08 bits per heavy atom. The van der Waals surface area contributed by atoms with Crippen LogP contribution in [0.3, 0.4) is 0 Å². The second-order valence-corrected chi connectivity index (χ2v) is 6.04. The predicted molar refractivity (Wildman–Crippen MR) is 105 cm³/mol. The number of hydrazone groups is 1. The molecule has 2 aromatic carbocycles. The molecule has 3 aromatic rings. The summed E-state index contributed by atoms with van der Waals surface area (Å²) in [5, 5.41) is 9.32. The van der Waals surface area contributed by atoms with E-state index < -0.39 is 0 Å². The Labute approximate surface area is 154 Å². The van der Waals surface area contributed by atoms with Gasteiger partial charge in [-0.1, -0.05) is 53.5 Å². The molecule has 0 aliphatic carbocycles. The molecule has 4 nitrogen and oxygen atoms in total.